The van der Waals surface area contributed by atoms with Crippen LogP contribution in [0.3, 0.4) is 0 Å². The molecule has 72 valence electrons. The van der Waals surface area contributed by atoms with Crippen LogP contribution in [0.1, 0.15) is 27.7 Å². The normalized spacial score (nSPS) is 14.8. The Morgan fingerprint density at radius 2 is 1.92 bits per heavy atom. The molecular formula is C8H17NO2S. The van der Waals surface area contributed by atoms with Gasteiger partial charge in [-0.2, -0.15) is 12.6 Å². The molecule has 0 aromatic rings. The smallest absolute Gasteiger partial charge is 0.322 e. The van der Waals surface area contributed by atoms with Crippen molar-refractivity contribution < 1.29 is 9.90 Å². The molecular weight excluding hydrogens is 174 g/mol. The van der Waals surface area contributed by atoms with E-state index in [1.54, 1.807) is 13.8 Å². The van der Waals surface area contributed by atoms with E-state index in [4.69, 9.17) is 5.11 Å². The maximum atomic E-state index is 10.8. The monoisotopic (exact) mass is 191 g/mol. The van der Waals surface area contributed by atoms with Crippen molar-refractivity contribution in [2.24, 2.45) is 0 Å². The van der Waals surface area contributed by atoms with Gasteiger partial charge in [-0.3, -0.25) is 4.79 Å². The van der Waals surface area contributed by atoms with Crippen molar-refractivity contribution in [1.82, 2.24) is 5.32 Å². The van der Waals surface area contributed by atoms with Crippen LogP contribution in [0.15, 0.2) is 0 Å². The molecule has 1 atom stereocenters. The number of nitrogens with one attached hydrogen (secondary N) is 1. The molecule has 0 aliphatic carbocycles. The second-order valence-corrected chi connectivity index (χ2v) is 4.90. The van der Waals surface area contributed by atoms with Gasteiger partial charge >= 0.3 is 5.97 Å². The van der Waals surface area contributed by atoms with Gasteiger partial charge < -0.3 is 10.4 Å². The van der Waals surface area contributed by atoms with E-state index in [9.17, 15) is 4.79 Å². The largest absolute Gasteiger partial charge is 0.480 e. The first-order chi connectivity index (χ1) is 5.25. The molecule has 0 amide bonds. The molecule has 0 saturated heterocycles. The Labute approximate surface area is 79.0 Å². The number of thiol groups is 1. The van der Waals surface area contributed by atoms with Gasteiger partial charge in [0.05, 0.1) is 0 Å². The SMILES string of the molecule is CC(C)NC(C(=O)O)C(C)(C)S. The molecule has 0 aliphatic heterocycles. The molecule has 1 unspecified atom stereocenters. The van der Waals surface area contributed by atoms with Gasteiger partial charge in [0.25, 0.3) is 0 Å². The molecule has 3 nitrogen and oxygen atoms in total. The first kappa shape index (κ1) is 11.8. The standard InChI is InChI=1S/C8H17NO2S/c1-5(2)9-6(7(10)11)8(3,4)12/h5-6,9,12H,1-4H3,(H,10,11). The number of aliphatic carboxylic acids is 1. The first-order valence-corrected chi connectivity index (χ1v) is 4.41. The van der Waals surface area contributed by atoms with Crippen molar-refractivity contribution in [3.05, 3.63) is 0 Å². The fraction of sp³-hybridized carbons (Fsp3) is 0.875. The van der Waals surface area contributed by atoms with Crippen molar-refractivity contribution >= 4 is 18.6 Å². The molecule has 0 rings (SSSR count). The summed E-state index contributed by atoms with van der Waals surface area (Å²) in [4.78, 5) is 10.8. The summed E-state index contributed by atoms with van der Waals surface area (Å²) < 4.78 is -0.546. The molecule has 0 radical (unpaired) electrons. The van der Waals surface area contributed by atoms with Crippen molar-refractivity contribution in [3.63, 3.8) is 0 Å². The van der Waals surface area contributed by atoms with Crippen LogP contribution in [0.4, 0.5) is 0 Å². The highest BCUT2D eigenvalue weighted by atomic mass is 32.1. The number of carboxylic acid groups (broad SMARTS) is 1. The topological polar surface area (TPSA) is 49.3 Å². The Morgan fingerprint density at radius 1 is 1.50 bits per heavy atom. The molecule has 0 fully saturated rings. The highest BCUT2D eigenvalue weighted by molar-refractivity contribution is 7.81. The molecule has 0 heterocycles. The summed E-state index contributed by atoms with van der Waals surface area (Å²) in [5, 5.41) is 11.8. The maximum absolute atomic E-state index is 10.8. The fourth-order valence-corrected chi connectivity index (χ4v) is 1.10. The van der Waals surface area contributed by atoms with E-state index in [-0.39, 0.29) is 6.04 Å². The number of hydrogen-bond acceptors (Lipinski definition) is 3. The maximum Gasteiger partial charge on any atom is 0.322 e. The van der Waals surface area contributed by atoms with E-state index in [1.807, 2.05) is 13.8 Å². The molecule has 0 aromatic heterocycles. The van der Waals surface area contributed by atoms with E-state index < -0.39 is 16.8 Å². The van der Waals surface area contributed by atoms with Gasteiger partial charge in [-0.25, -0.2) is 0 Å². The third kappa shape index (κ3) is 3.97. The lowest BCUT2D eigenvalue weighted by molar-refractivity contribution is -0.140. The van der Waals surface area contributed by atoms with Crippen LogP contribution >= 0.6 is 12.6 Å². The summed E-state index contributed by atoms with van der Waals surface area (Å²) in [5.41, 5.74) is 0. The predicted octanol–water partition coefficient (Wildman–Crippen LogP) is 1.15. The van der Waals surface area contributed by atoms with Crippen molar-refractivity contribution in [2.75, 3.05) is 0 Å². The molecule has 12 heavy (non-hydrogen) atoms. The third-order valence-corrected chi connectivity index (χ3v) is 1.71. The zero-order valence-corrected chi connectivity index (χ0v) is 8.85. The molecule has 0 spiro atoms. The first-order valence-electron chi connectivity index (χ1n) is 3.96. The quantitative estimate of drug-likeness (QED) is 0.584. The lowest BCUT2D eigenvalue weighted by Gasteiger charge is -2.28. The van der Waals surface area contributed by atoms with Gasteiger partial charge in [0.1, 0.15) is 6.04 Å². The van der Waals surface area contributed by atoms with Crippen LogP contribution in [0.5, 0.6) is 0 Å². The Hall–Kier alpha value is -0.220. The predicted molar refractivity (Wildman–Crippen MR) is 52.8 cm³/mol. The van der Waals surface area contributed by atoms with Crippen LogP contribution in [0, 0.1) is 0 Å². The van der Waals surface area contributed by atoms with Gasteiger partial charge in [0.2, 0.25) is 0 Å². The Kier molecular flexibility index (Phi) is 4.06. The number of hydrogen-bond donors (Lipinski definition) is 3. The van der Waals surface area contributed by atoms with Crippen LogP contribution in [-0.2, 0) is 4.79 Å². The number of rotatable bonds is 4. The minimum absolute atomic E-state index is 0.150. The second-order valence-electron chi connectivity index (χ2n) is 3.75. The molecule has 4 heteroatoms. The third-order valence-electron chi connectivity index (χ3n) is 1.45. The van der Waals surface area contributed by atoms with Gasteiger partial charge in [-0.15, -0.1) is 0 Å². The van der Waals surface area contributed by atoms with E-state index in [1.165, 1.54) is 0 Å². The Bertz CT molecular complexity index is 163. The second kappa shape index (κ2) is 4.14. The van der Waals surface area contributed by atoms with E-state index in [0.29, 0.717) is 0 Å². The van der Waals surface area contributed by atoms with Gasteiger partial charge in [0.15, 0.2) is 0 Å². The number of carbonyl (C=O) groups is 1. The van der Waals surface area contributed by atoms with Crippen molar-refractivity contribution in [1.29, 1.82) is 0 Å². The van der Waals surface area contributed by atoms with E-state index in [0.717, 1.165) is 0 Å². The average Bonchev–Trinajstić information content (AvgIpc) is 1.79. The lowest BCUT2D eigenvalue weighted by Crippen LogP contribution is -2.51. The minimum Gasteiger partial charge on any atom is -0.480 e. The Balaban J connectivity index is 4.35. The van der Waals surface area contributed by atoms with Crippen molar-refractivity contribution in [2.45, 2.75) is 44.5 Å². The lowest BCUT2D eigenvalue weighted by atomic mass is 10.0. The zero-order valence-electron chi connectivity index (χ0n) is 7.96. The van der Waals surface area contributed by atoms with Crippen LogP contribution in [-0.4, -0.2) is 27.9 Å². The number of carboxylic acids is 1. The summed E-state index contributed by atoms with van der Waals surface area (Å²) in [7, 11) is 0. The van der Waals surface area contributed by atoms with Crippen molar-refractivity contribution in [3.8, 4) is 0 Å². The summed E-state index contributed by atoms with van der Waals surface area (Å²) in [6.07, 6.45) is 0. The average molecular weight is 191 g/mol. The molecule has 0 bridgehead atoms. The van der Waals surface area contributed by atoms with Gasteiger partial charge in [0, 0.05) is 10.8 Å². The molecule has 0 aliphatic rings. The van der Waals surface area contributed by atoms with Gasteiger partial charge in [-0.05, 0) is 13.8 Å². The molecule has 0 saturated carbocycles. The summed E-state index contributed by atoms with van der Waals surface area (Å²) in [6.45, 7) is 7.39. The van der Waals surface area contributed by atoms with E-state index in [2.05, 4.69) is 17.9 Å². The van der Waals surface area contributed by atoms with Gasteiger partial charge in [-0.1, -0.05) is 13.8 Å². The van der Waals surface area contributed by atoms with E-state index >= 15 is 0 Å². The molecule has 0 aromatic carbocycles. The summed E-state index contributed by atoms with van der Waals surface area (Å²) in [5.74, 6) is -0.858. The fourth-order valence-electron chi connectivity index (χ4n) is 0.911. The zero-order chi connectivity index (χ0) is 9.94. The van der Waals surface area contributed by atoms with Crippen LogP contribution in [0.2, 0.25) is 0 Å². The highest BCUT2D eigenvalue weighted by Gasteiger charge is 2.32. The minimum atomic E-state index is -0.858. The molecule has 2 N–H and O–H groups in total. The Morgan fingerprint density at radius 3 is 2.00 bits per heavy atom. The van der Waals surface area contributed by atoms with Crippen LogP contribution in [0.25, 0.3) is 0 Å². The van der Waals surface area contributed by atoms with Crippen LogP contribution < -0.4 is 5.32 Å². The highest BCUT2D eigenvalue weighted by Crippen LogP contribution is 2.18. The summed E-state index contributed by atoms with van der Waals surface area (Å²) in [6, 6.07) is -0.460. The summed E-state index contributed by atoms with van der Waals surface area (Å²) >= 11 is 4.22.